The van der Waals surface area contributed by atoms with Gasteiger partial charge in [-0.2, -0.15) is 0 Å². The molecule has 2 unspecified atom stereocenters. The van der Waals surface area contributed by atoms with E-state index in [-0.39, 0.29) is 12.1 Å². The standard InChI is InChI=1S/C17H23NO3/c1-12(18-13(2)16-6-5-9-21-16)14-7-8-17(20-4)15(10-14)11-19-3/h5-10,12-13,18H,11H2,1-4H3. The summed E-state index contributed by atoms with van der Waals surface area (Å²) in [5.41, 5.74) is 2.25. The number of benzene rings is 1. The minimum Gasteiger partial charge on any atom is -0.496 e. The van der Waals surface area contributed by atoms with Gasteiger partial charge in [0.25, 0.3) is 0 Å². The van der Waals surface area contributed by atoms with E-state index in [4.69, 9.17) is 13.9 Å². The molecule has 4 heteroatoms. The van der Waals surface area contributed by atoms with Crippen LogP contribution >= 0.6 is 0 Å². The minimum absolute atomic E-state index is 0.156. The molecule has 2 rings (SSSR count). The Morgan fingerprint density at radius 3 is 2.57 bits per heavy atom. The van der Waals surface area contributed by atoms with Gasteiger partial charge in [-0.05, 0) is 43.7 Å². The van der Waals surface area contributed by atoms with Crippen LogP contribution in [0.3, 0.4) is 0 Å². The SMILES string of the molecule is COCc1cc(C(C)NC(C)c2ccco2)ccc1OC. The maximum Gasteiger partial charge on any atom is 0.124 e. The molecule has 0 amide bonds. The quantitative estimate of drug-likeness (QED) is 0.841. The number of hydrogen-bond acceptors (Lipinski definition) is 4. The lowest BCUT2D eigenvalue weighted by Gasteiger charge is -2.20. The number of rotatable bonds is 7. The Hall–Kier alpha value is -1.78. The number of furan rings is 1. The molecular formula is C17H23NO3. The van der Waals surface area contributed by atoms with Crippen molar-refractivity contribution in [3.8, 4) is 5.75 Å². The summed E-state index contributed by atoms with van der Waals surface area (Å²) in [5, 5.41) is 3.53. The largest absolute Gasteiger partial charge is 0.496 e. The van der Waals surface area contributed by atoms with E-state index in [1.54, 1.807) is 20.5 Å². The molecule has 1 heterocycles. The van der Waals surface area contributed by atoms with E-state index in [0.29, 0.717) is 6.61 Å². The van der Waals surface area contributed by atoms with Crippen LogP contribution in [0.2, 0.25) is 0 Å². The van der Waals surface area contributed by atoms with Gasteiger partial charge in [-0.1, -0.05) is 6.07 Å². The number of ether oxygens (including phenoxy) is 2. The Labute approximate surface area is 126 Å². The zero-order chi connectivity index (χ0) is 15.2. The fraction of sp³-hybridized carbons (Fsp3) is 0.412. The average Bonchev–Trinajstić information content (AvgIpc) is 3.01. The van der Waals surface area contributed by atoms with Crippen LogP contribution in [0.25, 0.3) is 0 Å². The molecule has 1 aromatic carbocycles. The molecule has 0 aliphatic carbocycles. The molecule has 4 nitrogen and oxygen atoms in total. The fourth-order valence-electron chi connectivity index (χ4n) is 2.43. The number of hydrogen-bond donors (Lipinski definition) is 1. The smallest absolute Gasteiger partial charge is 0.124 e. The molecule has 2 atom stereocenters. The molecule has 0 spiro atoms. The third-order valence-electron chi connectivity index (χ3n) is 3.57. The molecule has 0 saturated carbocycles. The molecule has 0 saturated heterocycles. The predicted octanol–water partition coefficient (Wildman–Crippen LogP) is 3.85. The van der Waals surface area contributed by atoms with E-state index >= 15 is 0 Å². The summed E-state index contributed by atoms with van der Waals surface area (Å²) in [6.07, 6.45) is 1.70. The van der Waals surface area contributed by atoms with Crippen LogP contribution in [-0.2, 0) is 11.3 Å². The highest BCUT2D eigenvalue weighted by molar-refractivity contribution is 5.38. The third-order valence-corrected chi connectivity index (χ3v) is 3.57. The molecule has 0 aliphatic rings. The lowest BCUT2D eigenvalue weighted by Crippen LogP contribution is -2.22. The minimum atomic E-state index is 0.156. The Balaban J connectivity index is 2.11. The summed E-state index contributed by atoms with van der Waals surface area (Å²) in [4.78, 5) is 0. The highest BCUT2D eigenvalue weighted by Crippen LogP contribution is 2.25. The van der Waals surface area contributed by atoms with Crippen LogP contribution < -0.4 is 10.1 Å². The lowest BCUT2D eigenvalue weighted by molar-refractivity contribution is 0.181. The van der Waals surface area contributed by atoms with E-state index in [9.17, 15) is 0 Å². The molecular weight excluding hydrogens is 266 g/mol. The van der Waals surface area contributed by atoms with Crippen molar-refractivity contribution >= 4 is 0 Å². The first-order valence-electron chi connectivity index (χ1n) is 7.11. The molecule has 0 radical (unpaired) electrons. The van der Waals surface area contributed by atoms with Crippen LogP contribution in [-0.4, -0.2) is 14.2 Å². The molecule has 0 fully saturated rings. The average molecular weight is 289 g/mol. The van der Waals surface area contributed by atoms with Gasteiger partial charge in [-0.25, -0.2) is 0 Å². The van der Waals surface area contributed by atoms with Gasteiger partial charge >= 0.3 is 0 Å². The zero-order valence-electron chi connectivity index (χ0n) is 13.1. The van der Waals surface area contributed by atoms with Crippen molar-refractivity contribution < 1.29 is 13.9 Å². The van der Waals surface area contributed by atoms with Gasteiger partial charge in [0.05, 0.1) is 26.0 Å². The van der Waals surface area contributed by atoms with Crippen molar-refractivity contribution in [1.82, 2.24) is 5.32 Å². The Morgan fingerprint density at radius 2 is 1.95 bits per heavy atom. The summed E-state index contributed by atoms with van der Waals surface area (Å²) in [6, 6.07) is 10.4. The fourth-order valence-corrected chi connectivity index (χ4v) is 2.43. The van der Waals surface area contributed by atoms with Gasteiger partial charge in [0.1, 0.15) is 11.5 Å². The van der Waals surface area contributed by atoms with Crippen LogP contribution in [0.1, 0.15) is 42.8 Å². The van der Waals surface area contributed by atoms with Crippen LogP contribution in [0, 0.1) is 0 Å². The molecule has 2 aromatic rings. The van der Waals surface area contributed by atoms with Crippen LogP contribution in [0.4, 0.5) is 0 Å². The first-order valence-corrected chi connectivity index (χ1v) is 7.11. The number of methoxy groups -OCH3 is 2. The maximum atomic E-state index is 5.43. The van der Waals surface area contributed by atoms with Crippen molar-refractivity contribution in [1.29, 1.82) is 0 Å². The third kappa shape index (κ3) is 3.86. The summed E-state index contributed by atoms with van der Waals surface area (Å²) in [7, 11) is 3.36. The summed E-state index contributed by atoms with van der Waals surface area (Å²) < 4.78 is 16.0. The highest BCUT2D eigenvalue weighted by atomic mass is 16.5. The molecule has 0 bridgehead atoms. The first-order chi connectivity index (χ1) is 10.2. The van der Waals surface area contributed by atoms with E-state index in [2.05, 4.69) is 31.3 Å². The molecule has 21 heavy (non-hydrogen) atoms. The molecule has 1 aromatic heterocycles. The van der Waals surface area contributed by atoms with Crippen molar-refractivity contribution in [3.63, 3.8) is 0 Å². The van der Waals surface area contributed by atoms with E-state index in [0.717, 1.165) is 17.1 Å². The van der Waals surface area contributed by atoms with E-state index in [1.807, 2.05) is 18.2 Å². The van der Waals surface area contributed by atoms with Gasteiger partial charge < -0.3 is 19.2 Å². The van der Waals surface area contributed by atoms with Gasteiger partial charge in [-0.3, -0.25) is 0 Å². The second kappa shape index (κ2) is 7.29. The monoisotopic (exact) mass is 289 g/mol. The molecule has 114 valence electrons. The summed E-state index contributed by atoms with van der Waals surface area (Å²) in [5.74, 6) is 1.79. The van der Waals surface area contributed by atoms with Crippen molar-refractivity contribution in [2.24, 2.45) is 0 Å². The first kappa shape index (κ1) is 15.6. The Morgan fingerprint density at radius 1 is 1.14 bits per heavy atom. The van der Waals surface area contributed by atoms with E-state index < -0.39 is 0 Å². The second-order valence-electron chi connectivity index (χ2n) is 5.13. The molecule has 1 N–H and O–H groups in total. The van der Waals surface area contributed by atoms with Gasteiger partial charge in [0.2, 0.25) is 0 Å². The maximum absolute atomic E-state index is 5.43. The van der Waals surface area contributed by atoms with Gasteiger partial charge in [-0.15, -0.1) is 0 Å². The van der Waals surface area contributed by atoms with Crippen molar-refractivity contribution in [2.75, 3.05) is 14.2 Å². The molecule has 0 aliphatic heterocycles. The highest BCUT2D eigenvalue weighted by Gasteiger charge is 2.14. The zero-order valence-corrected chi connectivity index (χ0v) is 13.1. The predicted molar refractivity (Wildman–Crippen MR) is 82.4 cm³/mol. The summed E-state index contributed by atoms with van der Waals surface area (Å²) >= 11 is 0. The normalized spacial score (nSPS) is 13.9. The summed E-state index contributed by atoms with van der Waals surface area (Å²) in [6.45, 7) is 4.77. The Bertz CT molecular complexity index is 551. The van der Waals surface area contributed by atoms with Crippen molar-refractivity contribution in [2.45, 2.75) is 32.5 Å². The topological polar surface area (TPSA) is 43.6 Å². The van der Waals surface area contributed by atoms with Crippen molar-refractivity contribution in [3.05, 3.63) is 53.5 Å². The van der Waals surface area contributed by atoms with Crippen LogP contribution in [0.15, 0.2) is 41.0 Å². The number of nitrogens with one attached hydrogen (secondary N) is 1. The van der Waals surface area contributed by atoms with Gasteiger partial charge in [0, 0.05) is 18.7 Å². The second-order valence-corrected chi connectivity index (χ2v) is 5.13. The van der Waals surface area contributed by atoms with E-state index in [1.165, 1.54) is 5.56 Å². The lowest BCUT2D eigenvalue weighted by atomic mass is 10.0. The van der Waals surface area contributed by atoms with Crippen LogP contribution in [0.5, 0.6) is 5.75 Å². The Kier molecular flexibility index (Phi) is 5.42. The van der Waals surface area contributed by atoms with Gasteiger partial charge in [0.15, 0.2) is 0 Å².